The fraction of sp³-hybridized carbons (Fsp3) is 0.0952. The van der Waals surface area contributed by atoms with E-state index >= 15 is 0 Å². The number of pyridine rings is 1. The van der Waals surface area contributed by atoms with E-state index in [-0.39, 0.29) is 12.0 Å². The third-order valence-corrected chi connectivity index (χ3v) is 4.19. The Morgan fingerprint density at radius 1 is 1.04 bits per heavy atom. The zero-order valence-corrected chi connectivity index (χ0v) is 14.7. The summed E-state index contributed by atoms with van der Waals surface area (Å²) in [7, 11) is 0. The molecule has 0 bridgehead atoms. The Labute approximate surface area is 156 Å². The zero-order valence-electron chi connectivity index (χ0n) is 14.7. The number of ether oxygens (including phenoxy) is 1. The number of nitrogens with one attached hydrogen (secondary N) is 2. The summed E-state index contributed by atoms with van der Waals surface area (Å²) in [5.41, 5.74) is 3.15. The van der Waals surface area contributed by atoms with Crippen LogP contribution in [0.15, 0.2) is 72.9 Å². The molecule has 0 fully saturated rings. The van der Waals surface area contributed by atoms with Gasteiger partial charge in [0.25, 0.3) is 5.91 Å². The van der Waals surface area contributed by atoms with E-state index in [1.165, 1.54) is 6.20 Å². The van der Waals surface area contributed by atoms with Crippen LogP contribution >= 0.6 is 0 Å². The molecule has 2 aromatic carbocycles. The van der Waals surface area contributed by atoms with Crippen LogP contribution < -0.4 is 10.1 Å². The summed E-state index contributed by atoms with van der Waals surface area (Å²) in [6, 6.07) is 20.8. The number of fused-ring (bicyclic) bond motifs is 1. The quantitative estimate of drug-likeness (QED) is 0.556. The van der Waals surface area contributed by atoms with E-state index < -0.39 is 0 Å². The Balaban J connectivity index is 1.42. The number of anilines is 1. The first-order valence-corrected chi connectivity index (χ1v) is 8.63. The molecule has 134 valence electrons. The molecule has 0 saturated carbocycles. The fourth-order valence-electron chi connectivity index (χ4n) is 2.75. The Bertz CT molecular complexity index is 1030. The predicted octanol–water partition coefficient (Wildman–Crippen LogP) is 4.35. The average molecular weight is 358 g/mol. The lowest BCUT2D eigenvalue weighted by Gasteiger charge is -2.14. The maximum absolute atomic E-state index is 12.4. The van der Waals surface area contributed by atoms with Crippen LogP contribution in [-0.4, -0.2) is 20.9 Å². The van der Waals surface area contributed by atoms with Crippen LogP contribution in [0.2, 0.25) is 0 Å². The van der Waals surface area contributed by atoms with Gasteiger partial charge in [0.15, 0.2) is 0 Å². The van der Waals surface area contributed by atoms with Crippen molar-refractivity contribution in [3.63, 3.8) is 0 Å². The molecule has 0 spiro atoms. The maximum atomic E-state index is 12.4. The summed E-state index contributed by atoms with van der Waals surface area (Å²) in [5, 5.41) is 2.75. The van der Waals surface area contributed by atoms with E-state index in [0.29, 0.717) is 17.4 Å². The normalized spacial score (nSPS) is 11.9. The van der Waals surface area contributed by atoms with Gasteiger partial charge in [0.05, 0.1) is 16.6 Å². The topological polar surface area (TPSA) is 79.9 Å². The van der Waals surface area contributed by atoms with E-state index in [2.05, 4.69) is 20.3 Å². The molecular formula is C21H18N4O2. The summed E-state index contributed by atoms with van der Waals surface area (Å²) in [5.74, 6) is 0.579. The van der Waals surface area contributed by atoms with Gasteiger partial charge in [-0.05, 0) is 30.7 Å². The molecule has 27 heavy (non-hydrogen) atoms. The van der Waals surface area contributed by atoms with Crippen LogP contribution in [0.5, 0.6) is 5.88 Å². The van der Waals surface area contributed by atoms with E-state index in [1.54, 1.807) is 12.1 Å². The molecule has 6 heteroatoms. The van der Waals surface area contributed by atoms with Crippen molar-refractivity contribution in [2.45, 2.75) is 13.0 Å². The number of carbonyl (C=O) groups is 1. The van der Waals surface area contributed by atoms with Crippen LogP contribution in [0.1, 0.15) is 28.9 Å². The molecule has 1 atom stereocenters. The SMILES string of the molecule is C[C@H](Oc1ccc(C(=O)Nc2nc3ccccc3[nH]2)cn1)c1ccccc1. The van der Waals surface area contributed by atoms with Crippen LogP contribution in [0.3, 0.4) is 0 Å². The van der Waals surface area contributed by atoms with Crippen LogP contribution in [-0.2, 0) is 0 Å². The third kappa shape index (κ3) is 3.79. The molecule has 0 unspecified atom stereocenters. The molecule has 0 aliphatic carbocycles. The first-order chi connectivity index (χ1) is 13.2. The van der Waals surface area contributed by atoms with Gasteiger partial charge < -0.3 is 9.72 Å². The van der Waals surface area contributed by atoms with Crippen LogP contribution in [0.25, 0.3) is 11.0 Å². The molecule has 2 heterocycles. The lowest BCUT2D eigenvalue weighted by molar-refractivity contribution is 0.102. The van der Waals surface area contributed by atoms with E-state index in [9.17, 15) is 4.79 Å². The highest BCUT2D eigenvalue weighted by atomic mass is 16.5. The predicted molar refractivity (Wildman–Crippen MR) is 104 cm³/mol. The largest absolute Gasteiger partial charge is 0.470 e. The molecule has 0 aliphatic rings. The number of hydrogen-bond donors (Lipinski definition) is 2. The lowest BCUT2D eigenvalue weighted by Crippen LogP contribution is -2.13. The third-order valence-electron chi connectivity index (χ3n) is 4.19. The summed E-state index contributed by atoms with van der Waals surface area (Å²) < 4.78 is 5.83. The molecule has 0 saturated heterocycles. The van der Waals surface area contributed by atoms with E-state index in [1.807, 2.05) is 61.5 Å². The second kappa shape index (κ2) is 7.29. The molecule has 0 radical (unpaired) electrons. The highest BCUT2D eigenvalue weighted by molar-refractivity contribution is 6.03. The fourth-order valence-corrected chi connectivity index (χ4v) is 2.75. The van der Waals surface area contributed by atoms with Gasteiger partial charge in [0.2, 0.25) is 11.8 Å². The molecule has 4 rings (SSSR count). The number of hydrogen-bond acceptors (Lipinski definition) is 4. The van der Waals surface area contributed by atoms with Crippen molar-refractivity contribution in [1.82, 2.24) is 15.0 Å². The molecule has 1 amide bonds. The number of rotatable bonds is 5. The zero-order chi connectivity index (χ0) is 18.6. The van der Waals surface area contributed by atoms with Crippen molar-refractivity contribution in [2.75, 3.05) is 5.32 Å². The number of carbonyl (C=O) groups excluding carboxylic acids is 1. The summed E-state index contributed by atoms with van der Waals surface area (Å²) in [6.45, 7) is 1.96. The Morgan fingerprint density at radius 2 is 1.81 bits per heavy atom. The molecular weight excluding hydrogens is 340 g/mol. The van der Waals surface area contributed by atoms with Gasteiger partial charge in [-0.2, -0.15) is 0 Å². The van der Waals surface area contributed by atoms with Gasteiger partial charge in [0.1, 0.15) is 6.10 Å². The number of benzene rings is 2. The Hall–Kier alpha value is -3.67. The minimum absolute atomic E-state index is 0.131. The summed E-state index contributed by atoms with van der Waals surface area (Å²) in [4.78, 5) is 24.0. The minimum Gasteiger partial charge on any atom is -0.470 e. The van der Waals surface area contributed by atoms with Gasteiger partial charge in [-0.3, -0.25) is 10.1 Å². The highest BCUT2D eigenvalue weighted by Crippen LogP contribution is 2.20. The molecule has 4 aromatic rings. The van der Waals surface area contributed by atoms with Crippen LogP contribution in [0, 0.1) is 0 Å². The van der Waals surface area contributed by atoms with Gasteiger partial charge in [-0.1, -0.05) is 42.5 Å². The van der Waals surface area contributed by atoms with Crippen molar-refractivity contribution in [3.8, 4) is 5.88 Å². The van der Waals surface area contributed by atoms with Crippen molar-refractivity contribution in [3.05, 3.63) is 84.1 Å². The molecule has 2 aromatic heterocycles. The number of para-hydroxylation sites is 2. The minimum atomic E-state index is -0.288. The average Bonchev–Trinajstić information content (AvgIpc) is 3.11. The van der Waals surface area contributed by atoms with E-state index in [4.69, 9.17) is 4.74 Å². The highest BCUT2D eigenvalue weighted by Gasteiger charge is 2.12. The van der Waals surface area contributed by atoms with Gasteiger partial charge in [0, 0.05) is 12.3 Å². The van der Waals surface area contributed by atoms with Crippen molar-refractivity contribution < 1.29 is 9.53 Å². The number of amides is 1. The standard InChI is InChI=1S/C21H18N4O2/c1-14(15-7-3-2-4-8-15)27-19-12-11-16(13-22-19)20(26)25-21-23-17-9-5-6-10-18(17)24-21/h2-14H,1H3,(H2,23,24,25,26)/t14-/m0/s1. The number of nitrogens with zero attached hydrogens (tertiary/aromatic N) is 2. The molecule has 0 aliphatic heterocycles. The monoisotopic (exact) mass is 358 g/mol. The number of aromatic amines is 1. The van der Waals surface area contributed by atoms with Gasteiger partial charge in [-0.25, -0.2) is 9.97 Å². The van der Waals surface area contributed by atoms with E-state index in [0.717, 1.165) is 16.6 Å². The van der Waals surface area contributed by atoms with Crippen LogP contribution in [0.4, 0.5) is 5.95 Å². The maximum Gasteiger partial charge on any atom is 0.259 e. The summed E-state index contributed by atoms with van der Waals surface area (Å²) >= 11 is 0. The second-order valence-electron chi connectivity index (χ2n) is 6.11. The lowest BCUT2D eigenvalue weighted by atomic mass is 10.1. The van der Waals surface area contributed by atoms with Gasteiger partial charge in [-0.15, -0.1) is 0 Å². The Kier molecular flexibility index (Phi) is 4.53. The first kappa shape index (κ1) is 16.8. The number of H-pyrrole nitrogens is 1. The van der Waals surface area contributed by atoms with Crippen molar-refractivity contribution in [2.24, 2.45) is 0 Å². The molecule has 2 N–H and O–H groups in total. The number of imidazole rings is 1. The second-order valence-corrected chi connectivity index (χ2v) is 6.11. The Morgan fingerprint density at radius 3 is 2.56 bits per heavy atom. The van der Waals surface area contributed by atoms with Crippen molar-refractivity contribution in [1.29, 1.82) is 0 Å². The first-order valence-electron chi connectivity index (χ1n) is 8.63. The summed E-state index contributed by atoms with van der Waals surface area (Å²) in [6.07, 6.45) is 1.36. The number of aromatic nitrogens is 3. The van der Waals surface area contributed by atoms with Crippen molar-refractivity contribution >= 4 is 22.9 Å². The molecule has 6 nitrogen and oxygen atoms in total. The van der Waals surface area contributed by atoms with Gasteiger partial charge >= 0.3 is 0 Å². The smallest absolute Gasteiger partial charge is 0.259 e.